The molecule has 27 heavy (non-hydrogen) atoms. The molecule has 1 aromatic heterocycles. The lowest BCUT2D eigenvalue weighted by atomic mass is 9.95. The van der Waals surface area contributed by atoms with Gasteiger partial charge >= 0.3 is 5.69 Å². The van der Waals surface area contributed by atoms with Gasteiger partial charge in [-0.2, -0.15) is 0 Å². The summed E-state index contributed by atoms with van der Waals surface area (Å²) in [4.78, 5) is 33.5. The largest absolute Gasteiger partial charge is 0.494 e. The Balaban J connectivity index is 2.06. The first-order valence-corrected chi connectivity index (χ1v) is 9.29. The lowest BCUT2D eigenvalue weighted by molar-refractivity contribution is 0.298. The summed E-state index contributed by atoms with van der Waals surface area (Å²) in [6, 6.07) is 7.48. The molecule has 0 unspecified atom stereocenters. The fraction of sp³-hybridized carbons (Fsp3) is 0.450. The predicted molar refractivity (Wildman–Crippen MR) is 108 cm³/mol. The molecule has 0 atom stereocenters. The monoisotopic (exact) mass is 370 g/mol. The Labute approximate surface area is 158 Å². The van der Waals surface area contributed by atoms with Crippen LogP contribution in [0.1, 0.15) is 50.6 Å². The van der Waals surface area contributed by atoms with Crippen LogP contribution in [-0.2, 0) is 0 Å². The van der Waals surface area contributed by atoms with Crippen molar-refractivity contribution in [2.75, 3.05) is 19.0 Å². The Morgan fingerprint density at radius 1 is 1.22 bits per heavy atom. The van der Waals surface area contributed by atoms with Crippen molar-refractivity contribution in [3.05, 3.63) is 50.7 Å². The van der Waals surface area contributed by atoms with E-state index in [0.29, 0.717) is 11.4 Å². The zero-order valence-corrected chi connectivity index (χ0v) is 16.0. The fourth-order valence-electron chi connectivity index (χ4n) is 3.63. The molecule has 0 bridgehead atoms. The van der Waals surface area contributed by atoms with Gasteiger partial charge in [0, 0.05) is 25.8 Å². The van der Waals surface area contributed by atoms with Gasteiger partial charge in [0.05, 0.1) is 11.4 Å². The van der Waals surface area contributed by atoms with Gasteiger partial charge in [-0.05, 0) is 38.0 Å². The lowest BCUT2D eigenvalue weighted by Crippen LogP contribution is -2.36. The van der Waals surface area contributed by atoms with Crippen LogP contribution in [0.4, 0.5) is 11.4 Å². The van der Waals surface area contributed by atoms with E-state index in [1.807, 2.05) is 43.3 Å². The number of aromatic amines is 1. The minimum absolute atomic E-state index is 0.0513. The van der Waals surface area contributed by atoms with Gasteiger partial charge in [-0.3, -0.25) is 19.3 Å². The van der Waals surface area contributed by atoms with Crippen LogP contribution in [0.25, 0.3) is 0 Å². The van der Waals surface area contributed by atoms with Crippen LogP contribution in [0.3, 0.4) is 0 Å². The Bertz CT molecular complexity index is 966. The number of hydrogen-bond donors (Lipinski definition) is 2. The minimum Gasteiger partial charge on any atom is -0.494 e. The van der Waals surface area contributed by atoms with Crippen molar-refractivity contribution in [1.29, 1.82) is 0 Å². The molecule has 1 aliphatic rings. The summed E-state index contributed by atoms with van der Waals surface area (Å²) in [5.41, 5.74) is 0.900. The highest BCUT2D eigenvalue weighted by molar-refractivity contribution is 6.01. The zero-order valence-electron chi connectivity index (χ0n) is 16.0. The highest BCUT2D eigenvalue weighted by atomic mass is 16.3. The molecular formula is C20H26N4O3. The summed E-state index contributed by atoms with van der Waals surface area (Å²) in [6.07, 6.45) is 4.79. The van der Waals surface area contributed by atoms with Crippen molar-refractivity contribution >= 4 is 17.1 Å². The number of aromatic nitrogens is 2. The summed E-state index contributed by atoms with van der Waals surface area (Å²) < 4.78 is 1.32. The lowest BCUT2D eigenvalue weighted by Gasteiger charge is -2.25. The van der Waals surface area contributed by atoms with E-state index in [0.717, 1.165) is 37.8 Å². The molecule has 1 fully saturated rings. The summed E-state index contributed by atoms with van der Waals surface area (Å²) in [5.74, 6) is -0.291. The first-order chi connectivity index (χ1) is 12.9. The van der Waals surface area contributed by atoms with Crippen molar-refractivity contribution in [3.8, 4) is 5.88 Å². The smallest absolute Gasteiger partial charge is 0.331 e. The normalized spacial score (nSPS) is 15.7. The molecule has 0 saturated heterocycles. The van der Waals surface area contributed by atoms with E-state index in [9.17, 15) is 14.7 Å². The molecule has 7 nitrogen and oxygen atoms in total. The number of hydrogen-bond acceptors (Lipinski definition) is 5. The second kappa shape index (κ2) is 7.82. The molecule has 1 saturated carbocycles. The standard InChI is InChI=1S/C20H26N4O3/c1-13(21-14-8-7-11-16(12-14)23(2)3)17-18(25)22-20(27)24(19(17)26)15-9-5-4-6-10-15/h7-8,11-12,15,26H,4-6,9-10H2,1-3H3,(H,22,25,27). The molecule has 2 aromatic rings. The van der Waals surface area contributed by atoms with Crippen molar-refractivity contribution in [2.24, 2.45) is 4.99 Å². The fourth-order valence-corrected chi connectivity index (χ4v) is 3.63. The van der Waals surface area contributed by atoms with Crippen molar-refractivity contribution in [3.63, 3.8) is 0 Å². The first-order valence-electron chi connectivity index (χ1n) is 9.29. The van der Waals surface area contributed by atoms with Crippen LogP contribution in [0, 0.1) is 0 Å². The van der Waals surface area contributed by atoms with Gasteiger partial charge in [0.25, 0.3) is 5.56 Å². The molecule has 3 rings (SSSR count). The summed E-state index contributed by atoms with van der Waals surface area (Å²) in [5, 5.41) is 10.7. The van der Waals surface area contributed by atoms with Crippen molar-refractivity contribution in [2.45, 2.75) is 45.1 Å². The molecule has 1 heterocycles. The third kappa shape index (κ3) is 3.97. The number of H-pyrrole nitrogens is 1. The summed E-state index contributed by atoms with van der Waals surface area (Å²) in [6.45, 7) is 1.67. The number of nitrogens with one attached hydrogen (secondary N) is 1. The Morgan fingerprint density at radius 3 is 2.59 bits per heavy atom. The maximum atomic E-state index is 12.4. The molecule has 2 N–H and O–H groups in total. The van der Waals surface area contributed by atoms with Gasteiger partial charge < -0.3 is 10.0 Å². The van der Waals surface area contributed by atoms with E-state index in [1.165, 1.54) is 4.57 Å². The van der Waals surface area contributed by atoms with Gasteiger partial charge in [0.1, 0.15) is 5.56 Å². The summed E-state index contributed by atoms with van der Waals surface area (Å²) >= 11 is 0. The zero-order chi connectivity index (χ0) is 19.6. The molecule has 1 aliphatic carbocycles. The van der Waals surface area contributed by atoms with E-state index in [4.69, 9.17) is 0 Å². The van der Waals surface area contributed by atoms with Crippen molar-refractivity contribution < 1.29 is 5.11 Å². The van der Waals surface area contributed by atoms with E-state index < -0.39 is 11.2 Å². The third-order valence-electron chi connectivity index (χ3n) is 5.06. The molecule has 7 heteroatoms. The highest BCUT2D eigenvalue weighted by Crippen LogP contribution is 2.30. The number of benzene rings is 1. The maximum Gasteiger partial charge on any atom is 0.331 e. The van der Waals surface area contributed by atoms with Gasteiger partial charge in [0.2, 0.25) is 5.88 Å². The molecule has 0 aliphatic heterocycles. The number of aliphatic imine (C=N–C) groups is 1. The Morgan fingerprint density at radius 2 is 1.93 bits per heavy atom. The van der Waals surface area contributed by atoms with Gasteiger partial charge in [0.15, 0.2) is 0 Å². The van der Waals surface area contributed by atoms with E-state index in [1.54, 1.807) is 6.92 Å². The number of anilines is 1. The van der Waals surface area contributed by atoms with E-state index >= 15 is 0 Å². The maximum absolute atomic E-state index is 12.4. The molecule has 0 amide bonds. The molecule has 0 radical (unpaired) electrons. The van der Waals surface area contributed by atoms with Gasteiger partial charge in [-0.15, -0.1) is 0 Å². The quantitative estimate of drug-likeness (QED) is 0.810. The third-order valence-corrected chi connectivity index (χ3v) is 5.06. The Hall–Kier alpha value is -2.83. The number of nitrogens with zero attached hydrogens (tertiary/aromatic N) is 3. The average molecular weight is 370 g/mol. The molecular weight excluding hydrogens is 344 g/mol. The summed E-state index contributed by atoms with van der Waals surface area (Å²) in [7, 11) is 3.87. The van der Waals surface area contributed by atoms with Crippen LogP contribution in [0.15, 0.2) is 38.8 Å². The van der Waals surface area contributed by atoms with Crippen LogP contribution in [0.5, 0.6) is 5.88 Å². The van der Waals surface area contributed by atoms with Gasteiger partial charge in [-0.1, -0.05) is 25.3 Å². The topological polar surface area (TPSA) is 90.7 Å². The van der Waals surface area contributed by atoms with Crippen LogP contribution in [0.2, 0.25) is 0 Å². The SMILES string of the molecule is CC(=Nc1cccc(N(C)C)c1)c1c(O)n(C2CCCCC2)c(=O)[nH]c1=O. The minimum atomic E-state index is -0.616. The number of aromatic hydroxyl groups is 1. The molecule has 144 valence electrons. The molecule has 1 aromatic carbocycles. The van der Waals surface area contributed by atoms with Crippen LogP contribution < -0.4 is 16.1 Å². The van der Waals surface area contributed by atoms with Crippen molar-refractivity contribution in [1.82, 2.24) is 9.55 Å². The van der Waals surface area contributed by atoms with Crippen LogP contribution >= 0.6 is 0 Å². The van der Waals surface area contributed by atoms with E-state index in [-0.39, 0.29) is 17.5 Å². The Kier molecular flexibility index (Phi) is 5.48. The second-order valence-electron chi connectivity index (χ2n) is 7.23. The van der Waals surface area contributed by atoms with Gasteiger partial charge in [-0.25, -0.2) is 4.79 Å². The number of rotatable bonds is 4. The highest BCUT2D eigenvalue weighted by Gasteiger charge is 2.24. The average Bonchev–Trinajstić information content (AvgIpc) is 2.62. The molecule has 0 spiro atoms. The van der Waals surface area contributed by atoms with Crippen LogP contribution in [-0.4, -0.2) is 34.5 Å². The predicted octanol–water partition coefficient (Wildman–Crippen LogP) is 2.95. The van der Waals surface area contributed by atoms with E-state index in [2.05, 4.69) is 9.98 Å². The first kappa shape index (κ1) is 18.9. The second-order valence-corrected chi connectivity index (χ2v) is 7.23.